The van der Waals surface area contributed by atoms with Crippen molar-refractivity contribution in [2.24, 2.45) is 0 Å². The van der Waals surface area contributed by atoms with Crippen LogP contribution in [0.1, 0.15) is 10.6 Å². The van der Waals surface area contributed by atoms with Gasteiger partial charge in [-0.25, -0.2) is 4.98 Å². The lowest BCUT2D eigenvalue weighted by Gasteiger charge is -2.20. The number of hydrogen-bond donors (Lipinski definition) is 0. The molecule has 0 radical (unpaired) electrons. The van der Waals surface area contributed by atoms with Crippen molar-refractivity contribution in [2.75, 3.05) is 13.1 Å². The lowest BCUT2D eigenvalue weighted by atomic mass is 10.3. The Morgan fingerprint density at radius 2 is 1.90 bits per heavy atom. The summed E-state index contributed by atoms with van der Waals surface area (Å²) < 4.78 is 1.63. The Morgan fingerprint density at radius 1 is 1.24 bits per heavy atom. The molecule has 0 aliphatic rings. The van der Waals surface area contributed by atoms with Gasteiger partial charge in [-0.05, 0) is 12.1 Å². The summed E-state index contributed by atoms with van der Waals surface area (Å²) in [5.41, 5.74) is 1.47. The number of amides is 1. The molecule has 0 fully saturated rings. The van der Waals surface area contributed by atoms with Gasteiger partial charge in [0.05, 0.1) is 11.0 Å². The quantitative estimate of drug-likeness (QED) is 0.577. The fourth-order valence-corrected chi connectivity index (χ4v) is 2.18. The third-order valence-electron chi connectivity index (χ3n) is 3.13. The van der Waals surface area contributed by atoms with Crippen LogP contribution in [0.2, 0.25) is 0 Å². The Labute approximate surface area is 123 Å². The van der Waals surface area contributed by atoms with Gasteiger partial charge in [-0.1, -0.05) is 24.3 Å². The smallest absolute Gasteiger partial charge is 0.243 e. The summed E-state index contributed by atoms with van der Waals surface area (Å²) in [6.45, 7) is 8.23. The van der Waals surface area contributed by atoms with Gasteiger partial charge in [-0.3, -0.25) is 9.59 Å². The molecular formula is C16H17N3O2. The first-order valence-electron chi connectivity index (χ1n) is 6.61. The number of aldehydes is 1. The molecule has 108 valence electrons. The Kier molecular flexibility index (Phi) is 4.66. The van der Waals surface area contributed by atoms with Gasteiger partial charge >= 0.3 is 0 Å². The number of nitrogens with zero attached hydrogens (tertiary/aromatic N) is 3. The number of para-hydroxylation sites is 2. The highest BCUT2D eigenvalue weighted by molar-refractivity contribution is 5.86. The highest BCUT2D eigenvalue weighted by Gasteiger charge is 2.16. The average Bonchev–Trinajstić information content (AvgIpc) is 2.85. The van der Waals surface area contributed by atoms with Crippen LogP contribution in [0, 0.1) is 0 Å². The van der Waals surface area contributed by atoms with Crippen molar-refractivity contribution in [2.45, 2.75) is 6.54 Å². The highest BCUT2D eigenvalue weighted by atomic mass is 16.2. The minimum Gasteiger partial charge on any atom is -0.334 e. The van der Waals surface area contributed by atoms with Crippen LogP contribution in [0.4, 0.5) is 0 Å². The second kappa shape index (κ2) is 6.65. The molecule has 0 N–H and O–H groups in total. The maximum atomic E-state index is 12.4. The number of benzene rings is 1. The van der Waals surface area contributed by atoms with E-state index in [0.29, 0.717) is 24.9 Å². The largest absolute Gasteiger partial charge is 0.334 e. The van der Waals surface area contributed by atoms with E-state index < -0.39 is 0 Å². The Morgan fingerprint density at radius 3 is 2.52 bits per heavy atom. The van der Waals surface area contributed by atoms with Crippen molar-refractivity contribution in [1.82, 2.24) is 14.5 Å². The van der Waals surface area contributed by atoms with Crippen LogP contribution in [0.15, 0.2) is 49.6 Å². The molecule has 1 amide bonds. The zero-order chi connectivity index (χ0) is 15.2. The van der Waals surface area contributed by atoms with E-state index in [1.54, 1.807) is 21.6 Å². The predicted molar refractivity (Wildman–Crippen MR) is 82.1 cm³/mol. The zero-order valence-corrected chi connectivity index (χ0v) is 11.7. The fourth-order valence-electron chi connectivity index (χ4n) is 2.18. The van der Waals surface area contributed by atoms with Crippen molar-refractivity contribution in [3.05, 3.63) is 55.4 Å². The van der Waals surface area contributed by atoms with Crippen LogP contribution in [0.25, 0.3) is 11.0 Å². The average molecular weight is 283 g/mol. The molecule has 0 spiro atoms. The van der Waals surface area contributed by atoms with E-state index in [2.05, 4.69) is 18.1 Å². The number of imidazole rings is 1. The van der Waals surface area contributed by atoms with Crippen LogP contribution >= 0.6 is 0 Å². The van der Waals surface area contributed by atoms with Gasteiger partial charge in [0.1, 0.15) is 6.54 Å². The van der Waals surface area contributed by atoms with Gasteiger partial charge in [0.2, 0.25) is 5.91 Å². The molecule has 5 heteroatoms. The highest BCUT2D eigenvalue weighted by Crippen LogP contribution is 2.15. The third-order valence-corrected chi connectivity index (χ3v) is 3.13. The van der Waals surface area contributed by atoms with Crippen LogP contribution in [0.5, 0.6) is 0 Å². The van der Waals surface area contributed by atoms with Gasteiger partial charge in [0.25, 0.3) is 0 Å². The maximum Gasteiger partial charge on any atom is 0.243 e. The summed E-state index contributed by atoms with van der Waals surface area (Å²) in [5, 5.41) is 0. The Balaban J connectivity index is 2.33. The van der Waals surface area contributed by atoms with Crippen molar-refractivity contribution in [3.63, 3.8) is 0 Å². The molecule has 0 saturated carbocycles. The van der Waals surface area contributed by atoms with Crippen LogP contribution in [0.3, 0.4) is 0 Å². The van der Waals surface area contributed by atoms with Gasteiger partial charge < -0.3 is 9.47 Å². The van der Waals surface area contributed by atoms with Crippen molar-refractivity contribution < 1.29 is 9.59 Å². The molecule has 0 saturated heterocycles. The van der Waals surface area contributed by atoms with E-state index in [0.717, 1.165) is 5.52 Å². The van der Waals surface area contributed by atoms with E-state index in [1.807, 2.05) is 24.3 Å². The third kappa shape index (κ3) is 3.08. The summed E-state index contributed by atoms with van der Waals surface area (Å²) in [5.74, 6) is 0.141. The SMILES string of the molecule is C=CCN(CC=C)C(=O)Cn1c(C=O)nc2ccccc21. The number of fused-ring (bicyclic) bond motifs is 1. The molecule has 2 aromatic rings. The minimum absolute atomic E-state index is 0.0657. The molecule has 0 atom stereocenters. The second-order valence-corrected chi connectivity index (χ2v) is 4.54. The first-order valence-corrected chi connectivity index (χ1v) is 6.61. The van der Waals surface area contributed by atoms with Crippen LogP contribution < -0.4 is 0 Å². The molecule has 0 aliphatic heterocycles. The van der Waals surface area contributed by atoms with Gasteiger partial charge in [-0.15, -0.1) is 13.2 Å². The molecule has 0 bridgehead atoms. The zero-order valence-electron chi connectivity index (χ0n) is 11.7. The summed E-state index contributed by atoms with van der Waals surface area (Å²) in [7, 11) is 0. The van der Waals surface area contributed by atoms with E-state index in [4.69, 9.17) is 0 Å². The normalized spacial score (nSPS) is 10.3. The van der Waals surface area contributed by atoms with Crippen molar-refractivity contribution >= 4 is 23.2 Å². The van der Waals surface area contributed by atoms with Gasteiger partial charge in [0, 0.05) is 13.1 Å². The summed E-state index contributed by atoms with van der Waals surface area (Å²) in [4.78, 5) is 29.4. The number of carbonyl (C=O) groups is 2. The van der Waals surface area contributed by atoms with Crippen molar-refractivity contribution in [3.8, 4) is 0 Å². The molecule has 1 heterocycles. The molecule has 1 aromatic heterocycles. The van der Waals surface area contributed by atoms with Crippen molar-refractivity contribution in [1.29, 1.82) is 0 Å². The summed E-state index contributed by atoms with van der Waals surface area (Å²) >= 11 is 0. The van der Waals surface area contributed by atoms with Crippen LogP contribution in [-0.4, -0.2) is 39.7 Å². The van der Waals surface area contributed by atoms with E-state index in [9.17, 15) is 9.59 Å². The first kappa shape index (κ1) is 14.7. The topological polar surface area (TPSA) is 55.2 Å². The molecule has 0 aliphatic carbocycles. The number of hydrogen-bond acceptors (Lipinski definition) is 3. The standard InChI is InChI=1S/C16H17N3O2/c1-3-9-18(10-4-2)16(21)11-19-14-8-6-5-7-13(14)17-15(19)12-20/h3-8,12H,1-2,9-11H2. The minimum atomic E-state index is -0.110. The molecule has 1 aromatic carbocycles. The molecule has 5 nitrogen and oxygen atoms in total. The summed E-state index contributed by atoms with van der Waals surface area (Å²) in [6.07, 6.45) is 3.99. The Hall–Kier alpha value is -2.69. The van der Waals surface area contributed by atoms with E-state index in [-0.39, 0.29) is 18.3 Å². The number of carbonyl (C=O) groups excluding carboxylic acids is 2. The number of aromatic nitrogens is 2. The first-order chi connectivity index (χ1) is 10.2. The second-order valence-electron chi connectivity index (χ2n) is 4.54. The maximum absolute atomic E-state index is 12.4. The fraction of sp³-hybridized carbons (Fsp3) is 0.188. The predicted octanol–water partition coefficient (Wildman–Crippen LogP) is 2.05. The van der Waals surface area contributed by atoms with E-state index in [1.165, 1.54) is 0 Å². The van der Waals surface area contributed by atoms with Gasteiger partial charge in [0.15, 0.2) is 12.1 Å². The lowest BCUT2D eigenvalue weighted by molar-refractivity contribution is -0.130. The molecule has 2 rings (SSSR count). The summed E-state index contributed by atoms with van der Waals surface area (Å²) in [6, 6.07) is 7.35. The number of rotatable bonds is 7. The van der Waals surface area contributed by atoms with Gasteiger partial charge in [-0.2, -0.15) is 0 Å². The molecular weight excluding hydrogens is 266 g/mol. The lowest BCUT2D eigenvalue weighted by Crippen LogP contribution is -2.34. The molecule has 0 unspecified atom stereocenters. The monoisotopic (exact) mass is 283 g/mol. The molecule has 21 heavy (non-hydrogen) atoms. The Bertz CT molecular complexity index is 678. The van der Waals surface area contributed by atoms with E-state index >= 15 is 0 Å². The van der Waals surface area contributed by atoms with Crippen LogP contribution in [-0.2, 0) is 11.3 Å².